The minimum Gasteiger partial charge on any atom is -0.380 e. The van der Waals surface area contributed by atoms with Crippen LogP contribution in [0.25, 0.3) is 0 Å². The Morgan fingerprint density at radius 1 is 0.963 bits per heavy atom. The summed E-state index contributed by atoms with van der Waals surface area (Å²) in [5.74, 6) is 0.0923. The monoisotopic (exact) mass is 376 g/mol. The predicted octanol–water partition coefficient (Wildman–Crippen LogP) is 0.591. The summed E-state index contributed by atoms with van der Waals surface area (Å²) in [6.07, 6.45) is 0. The fourth-order valence-corrected chi connectivity index (χ4v) is 3.06. The molecule has 0 atom stereocenters. The van der Waals surface area contributed by atoms with Crippen LogP contribution in [-0.2, 0) is 27.5 Å². The summed E-state index contributed by atoms with van der Waals surface area (Å²) in [6.45, 7) is 9.08. The molecule has 2 amide bonds. The number of amides is 2. The van der Waals surface area contributed by atoms with Crippen LogP contribution in [0.5, 0.6) is 0 Å². The molecule has 1 aromatic rings. The number of nitrogens with one attached hydrogen (secondary N) is 2. The van der Waals surface area contributed by atoms with Crippen molar-refractivity contribution in [2.24, 2.45) is 0 Å². The lowest BCUT2D eigenvalue weighted by Gasteiger charge is -2.33. The van der Waals surface area contributed by atoms with Crippen LogP contribution in [0.15, 0.2) is 24.3 Å². The van der Waals surface area contributed by atoms with Crippen LogP contribution < -0.4 is 10.6 Å². The minimum atomic E-state index is 0.0296. The molecule has 1 aliphatic rings. The SMILES string of the molecule is COCc1ccc(CNC(=O)CN2CCN(CC(=O)NC(C)C)CC2)cc1. The van der Waals surface area contributed by atoms with Crippen LogP contribution >= 0.6 is 0 Å². The summed E-state index contributed by atoms with van der Waals surface area (Å²) in [5, 5.41) is 5.88. The first-order valence-corrected chi connectivity index (χ1v) is 9.54. The molecule has 1 heterocycles. The lowest BCUT2D eigenvalue weighted by atomic mass is 10.1. The maximum absolute atomic E-state index is 12.2. The van der Waals surface area contributed by atoms with E-state index in [1.165, 1.54) is 0 Å². The Balaban J connectivity index is 1.64. The highest BCUT2D eigenvalue weighted by molar-refractivity contribution is 5.78. The number of ether oxygens (including phenoxy) is 1. The number of hydrogen-bond donors (Lipinski definition) is 2. The van der Waals surface area contributed by atoms with E-state index in [9.17, 15) is 9.59 Å². The molecule has 2 rings (SSSR count). The quantitative estimate of drug-likeness (QED) is 0.660. The molecule has 2 N–H and O–H groups in total. The molecule has 1 aromatic carbocycles. The normalized spacial score (nSPS) is 15.7. The van der Waals surface area contributed by atoms with Crippen molar-refractivity contribution in [3.05, 3.63) is 35.4 Å². The van der Waals surface area contributed by atoms with Crippen LogP contribution in [0.2, 0.25) is 0 Å². The van der Waals surface area contributed by atoms with E-state index in [0.717, 1.165) is 37.3 Å². The minimum absolute atomic E-state index is 0.0296. The van der Waals surface area contributed by atoms with Crippen LogP contribution in [0.4, 0.5) is 0 Å². The van der Waals surface area contributed by atoms with Gasteiger partial charge in [0, 0.05) is 45.9 Å². The Kier molecular flexibility index (Phi) is 8.71. The molecule has 150 valence electrons. The summed E-state index contributed by atoms with van der Waals surface area (Å²) >= 11 is 0. The summed E-state index contributed by atoms with van der Waals surface area (Å²) in [6, 6.07) is 8.21. The number of carbonyl (C=O) groups excluding carboxylic acids is 2. The largest absolute Gasteiger partial charge is 0.380 e. The van der Waals surface area contributed by atoms with Crippen molar-refractivity contribution < 1.29 is 14.3 Å². The predicted molar refractivity (Wildman–Crippen MR) is 105 cm³/mol. The molecule has 1 fully saturated rings. The summed E-state index contributed by atoms with van der Waals surface area (Å²) in [7, 11) is 1.67. The lowest BCUT2D eigenvalue weighted by Crippen LogP contribution is -2.51. The highest BCUT2D eigenvalue weighted by Gasteiger charge is 2.20. The first-order valence-electron chi connectivity index (χ1n) is 9.54. The van der Waals surface area contributed by atoms with Crippen LogP contribution in [-0.4, -0.2) is 74.0 Å². The average molecular weight is 377 g/mol. The zero-order valence-corrected chi connectivity index (χ0v) is 16.7. The van der Waals surface area contributed by atoms with Gasteiger partial charge in [0.25, 0.3) is 0 Å². The lowest BCUT2D eigenvalue weighted by molar-refractivity contribution is -0.125. The van der Waals surface area contributed by atoms with Crippen molar-refractivity contribution in [1.29, 1.82) is 0 Å². The zero-order chi connectivity index (χ0) is 19.6. The number of carbonyl (C=O) groups is 2. The fraction of sp³-hybridized carbons (Fsp3) is 0.600. The molecule has 7 nitrogen and oxygen atoms in total. The third-order valence-corrected chi connectivity index (χ3v) is 4.47. The summed E-state index contributed by atoms with van der Waals surface area (Å²) < 4.78 is 5.10. The van der Waals surface area contributed by atoms with Gasteiger partial charge in [0.1, 0.15) is 0 Å². The molecule has 0 unspecified atom stereocenters. The van der Waals surface area contributed by atoms with Gasteiger partial charge in [-0.15, -0.1) is 0 Å². The molecule has 7 heteroatoms. The molecule has 1 saturated heterocycles. The van der Waals surface area contributed by atoms with E-state index in [0.29, 0.717) is 26.2 Å². The first-order chi connectivity index (χ1) is 13.0. The Morgan fingerprint density at radius 2 is 1.48 bits per heavy atom. The summed E-state index contributed by atoms with van der Waals surface area (Å²) in [5.41, 5.74) is 2.19. The molecule has 0 radical (unpaired) electrons. The molecular weight excluding hydrogens is 344 g/mol. The van der Waals surface area contributed by atoms with E-state index < -0.39 is 0 Å². The van der Waals surface area contributed by atoms with Crippen molar-refractivity contribution in [2.45, 2.75) is 33.0 Å². The van der Waals surface area contributed by atoms with Gasteiger partial charge >= 0.3 is 0 Å². The molecule has 0 saturated carbocycles. The molecule has 1 aliphatic heterocycles. The number of nitrogens with zero attached hydrogens (tertiary/aromatic N) is 2. The molecule has 0 aliphatic carbocycles. The highest BCUT2D eigenvalue weighted by atomic mass is 16.5. The molecule has 27 heavy (non-hydrogen) atoms. The average Bonchev–Trinajstić information content (AvgIpc) is 2.62. The smallest absolute Gasteiger partial charge is 0.234 e. The number of methoxy groups -OCH3 is 1. The second kappa shape index (κ2) is 11.0. The second-order valence-electron chi connectivity index (χ2n) is 7.30. The topological polar surface area (TPSA) is 73.9 Å². The third-order valence-electron chi connectivity index (χ3n) is 4.47. The van der Waals surface area contributed by atoms with Crippen molar-refractivity contribution >= 4 is 11.8 Å². The van der Waals surface area contributed by atoms with Gasteiger partial charge in [-0.05, 0) is 25.0 Å². The van der Waals surface area contributed by atoms with E-state index in [1.54, 1.807) is 7.11 Å². The van der Waals surface area contributed by atoms with E-state index in [2.05, 4.69) is 20.4 Å². The van der Waals surface area contributed by atoms with E-state index >= 15 is 0 Å². The summed E-state index contributed by atoms with van der Waals surface area (Å²) in [4.78, 5) is 28.3. The van der Waals surface area contributed by atoms with E-state index in [4.69, 9.17) is 4.74 Å². The van der Waals surface area contributed by atoms with Gasteiger partial charge in [0.05, 0.1) is 19.7 Å². The molecule has 0 aromatic heterocycles. The van der Waals surface area contributed by atoms with Crippen LogP contribution in [0, 0.1) is 0 Å². The maximum atomic E-state index is 12.2. The van der Waals surface area contributed by atoms with Gasteiger partial charge < -0.3 is 15.4 Å². The van der Waals surface area contributed by atoms with Gasteiger partial charge in [0.2, 0.25) is 11.8 Å². The van der Waals surface area contributed by atoms with E-state index in [-0.39, 0.29) is 17.9 Å². The molecule has 0 spiro atoms. The molecule has 0 bridgehead atoms. The maximum Gasteiger partial charge on any atom is 0.234 e. The Hall–Kier alpha value is -1.96. The number of hydrogen-bond acceptors (Lipinski definition) is 5. The standard InChI is InChI=1S/C20H32N4O3/c1-16(2)22-20(26)14-24-10-8-23(9-11-24)13-19(25)21-12-17-4-6-18(7-5-17)15-27-3/h4-7,16H,8-15H2,1-3H3,(H,21,25)(H,22,26). The number of piperazine rings is 1. The Bertz CT molecular complexity index is 596. The van der Waals surface area contributed by atoms with Crippen molar-refractivity contribution in [3.63, 3.8) is 0 Å². The highest BCUT2D eigenvalue weighted by Crippen LogP contribution is 2.06. The number of benzene rings is 1. The number of rotatable bonds is 9. The van der Waals surface area contributed by atoms with Gasteiger partial charge in [-0.1, -0.05) is 24.3 Å². The van der Waals surface area contributed by atoms with Gasteiger partial charge in [0.15, 0.2) is 0 Å². The van der Waals surface area contributed by atoms with Crippen LogP contribution in [0.3, 0.4) is 0 Å². The van der Waals surface area contributed by atoms with Crippen molar-refractivity contribution in [1.82, 2.24) is 20.4 Å². The Morgan fingerprint density at radius 3 is 2.00 bits per heavy atom. The first kappa shape index (κ1) is 21.3. The zero-order valence-electron chi connectivity index (χ0n) is 16.7. The van der Waals surface area contributed by atoms with Crippen LogP contribution in [0.1, 0.15) is 25.0 Å². The molecular formula is C20H32N4O3. The van der Waals surface area contributed by atoms with Gasteiger partial charge in [-0.3, -0.25) is 19.4 Å². The third kappa shape index (κ3) is 8.07. The van der Waals surface area contributed by atoms with Crippen molar-refractivity contribution in [3.8, 4) is 0 Å². The van der Waals surface area contributed by atoms with Gasteiger partial charge in [-0.25, -0.2) is 0 Å². The second-order valence-corrected chi connectivity index (χ2v) is 7.30. The Labute approximate surface area is 162 Å². The van der Waals surface area contributed by atoms with Gasteiger partial charge in [-0.2, -0.15) is 0 Å². The fourth-order valence-electron chi connectivity index (χ4n) is 3.06. The van der Waals surface area contributed by atoms with E-state index in [1.807, 2.05) is 38.1 Å². The van der Waals surface area contributed by atoms with Crippen molar-refractivity contribution in [2.75, 3.05) is 46.4 Å².